The molecular weight excluding hydrogens is 236 g/mol. The highest BCUT2D eigenvalue weighted by Crippen LogP contribution is 2.23. The van der Waals surface area contributed by atoms with Gasteiger partial charge in [-0.05, 0) is 27.7 Å². The number of hydrogen-bond acceptors (Lipinski definition) is 4. The van der Waals surface area contributed by atoms with E-state index in [1.54, 1.807) is 0 Å². The summed E-state index contributed by atoms with van der Waals surface area (Å²) in [5, 5.41) is 2.61. The Morgan fingerprint density at radius 3 is 2.17 bits per heavy atom. The van der Waals surface area contributed by atoms with Gasteiger partial charge in [-0.2, -0.15) is 0 Å². The Morgan fingerprint density at radius 2 is 1.78 bits per heavy atom. The van der Waals surface area contributed by atoms with Crippen LogP contribution in [0.2, 0.25) is 0 Å². The molecule has 1 atom stereocenters. The molecule has 0 spiro atoms. The standard InChI is InChI=1S/C12H26N2O4/c1-5-16-9-8-12(17-6-2,18-7-3)10(4)14-11(13)15/h10H,5-9H2,1-4H3,(H3,13,14,15). The molecule has 0 aromatic rings. The van der Waals surface area contributed by atoms with Crippen molar-refractivity contribution in [3.8, 4) is 0 Å². The van der Waals surface area contributed by atoms with Gasteiger partial charge < -0.3 is 25.3 Å². The summed E-state index contributed by atoms with van der Waals surface area (Å²) < 4.78 is 16.7. The van der Waals surface area contributed by atoms with Gasteiger partial charge in [-0.1, -0.05) is 0 Å². The van der Waals surface area contributed by atoms with E-state index >= 15 is 0 Å². The monoisotopic (exact) mass is 262 g/mol. The first-order valence-electron chi connectivity index (χ1n) is 6.44. The van der Waals surface area contributed by atoms with Crippen LogP contribution in [-0.4, -0.2) is 44.3 Å². The Kier molecular flexibility index (Phi) is 8.70. The topological polar surface area (TPSA) is 82.8 Å². The maximum atomic E-state index is 11.0. The fraction of sp³-hybridized carbons (Fsp3) is 0.917. The van der Waals surface area contributed by atoms with Crippen LogP contribution < -0.4 is 11.1 Å². The van der Waals surface area contributed by atoms with Crippen molar-refractivity contribution >= 4 is 6.03 Å². The summed E-state index contributed by atoms with van der Waals surface area (Å²) in [6, 6.07) is -0.946. The molecule has 0 saturated carbocycles. The Balaban J connectivity index is 4.74. The van der Waals surface area contributed by atoms with Gasteiger partial charge in [0, 0.05) is 26.2 Å². The van der Waals surface area contributed by atoms with Crippen molar-refractivity contribution in [3.63, 3.8) is 0 Å². The zero-order valence-electron chi connectivity index (χ0n) is 11.8. The van der Waals surface area contributed by atoms with Crippen LogP contribution in [0, 0.1) is 0 Å². The number of amides is 2. The normalized spacial score (nSPS) is 13.3. The molecule has 6 heteroatoms. The van der Waals surface area contributed by atoms with Gasteiger partial charge in [-0.3, -0.25) is 0 Å². The second-order valence-corrected chi connectivity index (χ2v) is 3.86. The summed E-state index contributed by atoms with van der Waals surface area (Å²) in [6.45, 7) is 9.59. The second-order valence-electron chi connectivity index (χ2n) is 3.86. The first-order chi connectivity index (χ1) is 8.52. The van der Waals surface area contributed by atoms with E-state index in [2.05, 4.69) is 5.32 Å². The van der Waals surface area contributed by atoms with Gasteiger partial charge in [0.05, 0.1) is 12.6 Å². The number of nitrogens with two attached hydrogens (primary N) is 1. The molecule has 2 amide bonds. The van der Waals surface area contributed by atoms with Gasteiger partial charge in [0.15, 0.2) is 5.79 Å². The zero-order chi connectivity index (χ0) is 14.0. The van der Waals surface area contributed by atoms with Crippen LogP contribution in [0.4, 0.5) is 4.79 Å². The Morgan fingerprint density at radius 1 is 1.22 bits per heavy atom. The lowest BCUT2D eigenvalue weighted by molar-refractivity contribution is -0.253. The lowest BCUT2D eigenvalue weighted by Gasteiger charge is -2.38. The Hall–Kier alpha value is -0.850. The van der Waals surface area contributed by atoms with Crippen LogP contribution in [0.15, 0.2) is 0 Å². The van der Waals surface area contributed by atoms with Gasteiger partial charge in [-0.15, -0.1) is 0 Å². The number of primary amides is 1. The molecule has 6 nitrogen and oxygen atoms in total. The molecule has 0 aliphatic heterocycles. The predicted octanol–water partition coefficient (Wildman–Crippen LogP) is 1.24. The highest BCUT2D eigenvalue weighted by atomic mass is 16.7. The van der Waals surface area contributed by atoms with E-state index in [0.717, 1.165) is 0 Å². The summed E-state index contributed by atoms with van der Waals surface area (Å²) in [6.07, 6.45) is 0.532. The summed E-state index contributed by atoms with van der Waals surface area (Å²) in [5.74, 6) is -0.895. The third kappa shape index (κ3) is 5.66. The molecule has 3 N–H and O–H groups in total. The number of nitrogens with one attached hydrogen (secondary N) is 1. The number of rotatable bonds is 10. The van der Waals surface area contributed by atoms with Gasteiger partial charge in [0.25, 0.3) is 0 Å². The van der Waals surface area contributed by atoms with E-state index in [1.807, 2.05) is 27.7 Å². The third-order valence-electron chi connectivity index (χ3n) is 2.59. The van der Waals surface area contributed by atoms with E-state index in [0.29, 0.717) is 32.8 Å². The van der Waals surface area contributed by atoms with Crippen LogP contribution in [0.3, 0.4) is 0 Å². The highest BCUT2D eigenvalue weighted by Gasteiger charge is 2.38. The molecule has 0 fully saturated rings. The van der Waals surface area contributed by atoms with E-state index in [-0.39, 0.29) is 6.04 Å². The average Bonchev–Trinajstić information content (AvgIpc) is 2.28. The van der Waals surface area contributed by atoms with Gasteiger partial charge in [0.2, 0.25) is 0 Å². The number of urea groups is 1. The number of carbonyl (C=O) groups is 1. The van der Waals surface area contributed by atoms with Crippen LogP contribution >= 0.6 is 0 Å². The lowest BCUT2D eigenvalue weighted by atomic mass is 10.0. The van der Waals surface area contributed by atoms with Crippen LogP contribution in [-0.2, 0) is 14.2 Å². The smallest absolute Gasteiger partial charge is 0.312 e. The average molecular weight is 262 g/mol. The predicted molar refractivity (Wildman–Crippen MR) is 69.3 cm³/mol. The molecule has 18 heavy (non-hydrogen) atoms. The molecule has 0 aromatic carbocycles. The van der Waals surface area contributed by atoms with Crippen molar-refractivity contribution in [3.05, 3.63) is 0 Å². The minimum absolute atomic E-state index is 0.352. The minimum atomic E-state index is -0.895. The Bertz CT molecular complexity index is 230. The molecule has 0 saturated heterocycles. The molecule has 0 rings (SSSR count). The molecule has 0 radical (unpaired) electrons. The quantitative estimate of drug-likeness (QED) is 0.458. The van der Waals surface area contributed by atoms with Gasteiger partial charge in [0.1, 0.15) is 0 Å². The zero-order valence-corrected chi connectivity index (χ0v) is 11.8. The van der Waals surface area contributed by atoms with Gasteiger partial charge in [-0.25, -0.2) is 4.79 Å². The van der Waals surface area contributed by atoms with E-state index in [4.69, 9.17) is 19.9 Å². The largest absolute Gasteiger partial charge is 0.382 e. The summed E-state index contributed by atoms with van der Waals surface area (Å²) in [4.78, 5) is 11.0. The van der Waals surface area contributed by atoms with Crippen molar-refractivity contribution in [2.75, 3.05) is 26.4 Å². The number of carbonyl (C=O) groups excluding carboxylic acids is 1. The van der Waals surface area contributed by atoms with E-state index in [1.165, 1.54) is 0 Å². The molecule has 0 heterocycles. The fourth-order valence-electron chi connectivity index (χ4n) is 1.82. The maximum Gasteiger partial charge on any atom is 0.312 e. The van der Waals surface area contributed by atoms with Crippen molar-refractivity contribution in [1.82, 2.24) is 5.32 Å². The fourth-order valence-corrected chi connectivity index (χ4v) is 1.82. The van der Waals surface area contributed by atoms with Gasteiger partial charge >= 0.3 is 6.03 Å². The van der Waals surface area contributed by atoms with Crippen LogP contribution in [0.5, 0.6) is 0 Å². The molecule has 108 valence electrons. The first-order valence-corrected chi connectivity index (χ1v) is 6.44. The molecule has 0 aliphatic rings. The molecule has 0 aromatic heterocycles. The van der Waals surface area contributed by atoms with Crippen molar-refractivity contribution in [2.45, 2.75) is 45.9 Å². The number of ether oxygens (including phenoxy) is 3. The van der Waals surface area contributed by atoms with E-state index in [9.17, 15) is 4.79 Å². The Labute approximate surface area is 109 Å². The summed E-state index contributed by atoms with van der Waals surface area (Å²) >= 11 is 0. The van der Waals surface area contributed by atoms with Crippen molar-refractivity contribution < 1.29 is 19.0 Å². The second kappa shape index (κ2) is 9.13. The molecular formula is C12H26N2O4. The summed E-state index contributed by atoms with van der Waals surface area (Å²) in [7, 11) is 0. The molecule has 0 aliphatic carbocycles. The van der Waals surface area contributed by atoms with Crippen molar-refractivity contribution in [1.29, 1.82) is 0 Å². The number of hydrogen-bond donors (Lipinski definition) is 2. The van der Waals surface area contributed by atoms with Crippen LogP contribution in [0.25, 0.3) is 0 Å². The molecule has 1 unspecified atom stereocenters. The lowest BCUT2D eigenvalue weighted by Crippen LogP contribution is -2.56. The van der Waals surface area contributed by atoms with Crippen LogP contribution in [0.1, 0.15) is 34.1 Å². The summed E-state index contributed by atoms with van der Waals surface area (Å²) in [5.41, 5.74) is 5.14. The van der Waals surface area contributed by atoms with E-state index < -0.39 is 11.8 Å². The highest BCUT2D eigenvalue weighted by molar-refractivity contribution is 5.72. The van der Waals surface area contributed by atoms with Crippen molar-refractivity contribution in [2.24, 2.45) is 5.73 Å². The maximum absolute atomic E-state index is 11.0. The third-order valence-corrected chi connectivity index (χ3v) is 2.59. The molecule has 0 bridgehead atoms. The first kappa shape index (κ1) is 17.2. The SMILES string of the molecule is CCOCCC(OCC)(OCC)C(C)NC(N)=O. The minimum Gasteiger partial charge on any atom is -0.382 e.